The SMILES string of the molecule is CCN(c1ccncc1)c1csc2ccncc12. The van der Waals surface area contributed by atoms with Crippen LogP contribution in [0.2, 0.25) is 0 Å². The monoisotopic (exact) mass is 255 g/mol. The van der Waals surface area contributed by atoms with Gasteiger partial charge in [-0.1, -0.05) is 0 Å². The quantitative estimate of drug-likeness (QED) is 0.712. The van der Waals surface area contributed by atoms with Crippen molar-refractivity contribution in [2.75, 3.05) is 11.4 Å². The van der Waals surface area contributed by atoms with E-state index < -0.39 is 0 Å². The molecule has 4 heteroatoms. The van der Waals surface area contributed by atoms with Gasteiger partial charge >= 0.3 is 0 Å². The van der Waals surface area contributed by atoms with Crippen LogP contribution in [0.25, 0.3) is 10.1 Å². The van der Waals surface area contributed by atoms with Crippen LogP contribution in [0.5, 0.6) is 0 Å². The highest BCUT2D eigenvalue weighted by Gasteiger charge is 2.12. The normalized spacial score (nSPS) is 10.7. The first-order valence-electron chi connectivity index (χ1n) is 5.89. The Hall–Kier alpha value is -1.94. The molecule has 3 nitrogen and oxygen atoms in total. The van der Waals surface area contributed by atoms with Crippen LogP contribution in [0.15, 0.2) is 48.4 Å². The van der Waals surface area contributed by atoms with Crippen molar-refractivity contribution in [1.82, 2.24) is 9.97 Å². The van der Waals surface area contributed by atoms with Crippen molar-refractivity contribution in [3.8, 4) is 0 Å². The number of hydrogen-bond donors (Lipinski definition) is 0. The van der Waals surface area contributed by atoms with Crippen molar-refractivity contribution < 1.29 is 0 Å². The van der Waals surface area contributed by atoms with Crippen molar-refractivity contribution >= 4 is 32.8 Å². The van der Waals surface area contributed by atoms with Crippen molar-refractivity contribution in [1.29, 1.82) is 0 Å². The zero-order valence-corrected chi connectivity index (χ0v) is 10.9. The van der Waals surface area contributed by atoms with Crippen molar-refractivity contribution in [2.45, 2.75) is 6.92 Å². The minimum absolute atomic E-state index is 0.921. The lowest BCUT2D eigenvalue weighted by molar-refractivity contribution is 1.03. The number of hydrogen-bond acceptors (Lipinski definition) is 4. The van der Waals surface area contributed by atoms with Gasteiger partial charge in [0.05, 0.1) is 5.69 Å². The molecule has 90 valence electrons. The van der Waals surface area contributed by atoms with Gasteiger partial charge in [-0.05, 0) is 25.1 Å². The van der Waals surface area contributed by atoms with E-state index >= 15 is 0 Å². The fraction of sp³-hybridized carbons (Fsp3) is 0.143. The molecule has 0 fully saturated rings. The number of rotatable bonds is 3. The Morgan fingerprint density at radius 1 is 1.11 bits per heavy atom. The summed E-state index contributed by atoms with van der Waals surface area (Å²) < 4.78 is 1.27. The van der Waals surface area contributed by atoms with Crippen LogP contribution < -0.4 is 4.90 Å². The summed E-state index contributed by atoms with van der Waals surface area (Å²) in [5, 5.41) is 3.40. The largest absolute Gasteiger partial charge is 0.340 e. The lowest BCUT2D eigenvalue weighted by Gasteiger charge is -2.22. The fourth-order valence-electron chi connectivity index (χ4n) is 2.08. The molecule has 0 saturated heterocycles. The summed E-state index contributed by atoms with van der Waals surface area (Å²) in [6.07, 6.45) is 7.42. The maximum absolute atomic E-state index is 4.22. The Morgan fingerprint density at radius 3 is 2.67 bits per heavy atom. The molecule has 3 rings (SSSR count). The lowest BCUT2D eigenvalue weighted by atomic mass is 10.2. The highest BCUT2D eigenvalue weighted by atomic mass is 32.1. The average Bonchev–Trinajstić information content (AvgIpc) is 2.85. The molecular formula is C14H13N3S. The minimum Gasteiger partial charge on any atom is -0.340 e. The minimum atomic E-state index is 0.921. The van der Waals surface area contributed by atoms with Crippen molar-refractivity contribution in [2.24, 2.45) is 0 Å². The van der Waals surface area contributed by atoms with Crippen LogP contribution in [0.4, 0.5) is 11.4 Å². The summed E-state index contributed by atoms with van der Waals surface area (Å²) in [4.78, 5) is 10.6. The van der Waals surface area contributed by atoms with Crippen LogP contribution in [0.3, 0.4) is 0 Å². The third kappa shape index (κ3) is 1.84. The molecule has 0 unspecified atom stereocenters. The molecule has 0 aliphatic heterocycles. The van der Waals surface area contributed by atoms with Gasteiger partial charge in [0.2, 0.25) is 0 Å². The second-order valence-electron chi connectivity index (χ2n) is 3.94. The Morgan fingerprint density at radius 2 is 1.89 bits per heavy atom. The van der Waals surface area contributed by atoms with Gasteiger partial charge < -0.3 is 4.90 Å². The fourth-order valence-corrected chi connectivity index (χ4v) is 3.00. The van der Waals surface area contributed by atoms with Gasteiger partial charge in [0.25, 0.3) is 0 Å². The summed E-state index contributed by atoms with van der Waals surface area (Å²) in [6.45, 7) is 3.07. The first-order chi connectivity index (χ1) is 8.90. The summed E-state index contributed by atoms with van der Waals surface area (Å²) in [5.74, 6) is 0. The molecule has 0 aliphatic rings. The topological polar surface area (TPSA) is 29.0 Å². The van der Waals surface area contributed by atoms with Gasteiger partial charge in [-0.25, -0.2) is 0 Å². The van der Waals surface area contributed by atoms with E-state index in [2.05, 4.69) is 33.2 Å². The third-order valence-electron chi connectivity index (χ3n) is 2.94. The van der Waals surface area contributed by atoms with E-state index in [9.17, 15) is 0 Å². The molecular weight excluding hydrogens is 242 g/mol. The van der Waals surface area contributed by atoms with Crippen molar-refractivity contribution in [3.63, 3.8) is 0 Å². The van der Waals surface area contributed by atoms with E-state index in [0.717, 1.165) is 12.2 Å². The number of nitrogens with zero attached hydrogens (tertiary/aromatic N) is 3. The van der Waals surface area contributed by atoms with Crippen LogP contribution in [-0.4, -0.2) is 16.5 Å². The Balaban J connectivity index is 2.12. The lowest BCUT2D eigenvalue weighted by Crippen LogP contribution is -2.15. The molecule has 3 aromatic rings. The van der Waals surface area contributed by atoms with Gasteiger partial charge in [0.15, 0.2) is 0 Å². The first kappa shape index (κ1) is 11.2. The number of thiophene rings is 1. The predicted molar refractivity (Wildman–Crippen MR) is 76.5 cm³/mol. The van der Waals surface area contributed by atoms with Gasteiger partial charge in [-0.15, -0.1) is 11.3 Å². The van der Waals surface area contributed by atoms with E-state index in [1.54, 1.807) is 11.3 Å². The van der Waals surface area contributed by atoms with E-state index in [4.69, 9.17) is 0 Å². The van der Waals surface area contributed by atoms with E-state index in [0.29, 0.717) is 0 Å². The Kier molecular flexibility index (Phi) is 2.94. The molecule has 0 radical (unpaired) electrons. The maximum atomic E-state index is 4.22. The highest BCUT2D eigenvalue weighted by molar-refractivity contribution is 7.17. The van der Waals surface area contributed by atoms with Crippen LogP contribution in [-0.2, 0) is 0 Å². The second kappa shape index (κ2) is 4.74. The summed E-state index contributed by atoms with van der Waals surface area (Å²) >= 11 is 1.76. The van der Waals surface area contributed by atoms with Gasteiger partial charge in [0.1, 0.15) is 0 Å². The van der Waals surface area contributed by atoms with Crippen LogP contribution in [0.1, 0.15) is 6.92 Å². The number of aromatic nitrogens is 2. The van der Waals surface area contributed by atoms with Gasteiger partial charge in [-0.3, -0.25) is 9.97 Å². The standard InChI is InChI=1S/C14H13N3S/c1-2-17(11-3-6-15-7-4-11)13-10-18-14-5-8-16-9-12(13)14/h3-10H,2H2,1H3. The van der Waals surface area contributed by atoms with Gasteiger partial charge in [0, 0.05) is 52.5 Å². The highest BCUT2D eigenvalue weighted by Crippen LogP contribution is 2.35. The third-order valence-corrected chi connectivity index (χ3v) is 3.89. The van der Waals surface area contributed by atoms with Crippen LogP contribution >= 0.6 is 11.3 Å². The average molecular weight is 255 g/mol. The molecule has 0 spiro atoms. The molecule has 0 aliphatic carbocycles. The zero-order chi connectivity index (χ0) is 12.4. The maximum Gasteiger partial charge on any atom is 0.0615 e. The van der Waals surface area contributed by atoms with E-state index in [-0.39, 0.29) is 0 Å². The molecule has 0 amide bonds. The Bertz CT molecular complexity index is 648. The summed E-state index contributed by atoms with van der Waals surface area (Å²) in [5.41, 5.74) is 2.38. The molecule has 3 heterocycles. The number of fused-ring (bicyclic) bond motifs is 1. The number of anilines is 2. The van der Waals surface area contributed by atoms with E-state index in [1.807, 2.05) is 36.9 Å². The van der Waals surface area contributed by atoms with Gasteiger partial charge in [-0.2, -0.15) is 0 Å². The number of pyridine rings is 2. The molecule has 0 saturated carbocycles. The van der Waals surface area contributed by atoms with E-state index in [1.165, 1.54) is 15.8 Å². The summed E-state index contributed by atoms with van der Waals surface area (Å²) in [6, 6.07) is 6.12. The smallest absolute Gasteiger partial charge is 0.0615 e. The Labute approximate surface area is 110 Å². The van der Waals surface area contributed by atoms with Crippen molar-refractivity contribution in [3.05, 3.63) is 48.4 Å². The molecule has 3 aromatic heterocycles. The predicted octanol–water partition coefficient (Wildman–Crippen LogP) is 3.85. The molecule has 0 bridgehead atoms. The molecule has 18 heavy (non-hydrogen) atoms. The second-order valence-corrected chi connectivity index (χ2v) is 4.85. The molecule has 0 aromatic carbocycles. The van der Waals surface area contributed by atoms with Crippen LogP contribution in [0, 0.1) is 0 Å². The zero-order valence-electron chi connectivity index (χ0n) is 10.1. The summed E-state index contributed by atoms with van der Waals surface area (Å²) in [7, 11) is 0. The molecule has 0 atom stereocenters. The first-order valence-corrected chi connectivity index (χ1v) is 6.77. The molecule has 0 N–H and O–H groups in total.